The van der Waals surface area contributed by atoms with Gasteiger partial charge in [0.1, 0.15) is 12.4 Å². The van der Waals surface area contributed by atoms with Crippen LogP contribution in [0.25, 0.3) is 0 Å². The largest absolute Gasteiger partial charge is 0.487 e. The molecule has 2 aliphatic carbocycles. The molecule has 2 aromatic rings. The summed E-state index contributed by atoms with van der Waals surface area (Å²) in [6, 6.07) is 10.9. The summed E-state index contributed by atoms with van der Waals surface area (Å²) in [4.78, 5) is 14.1. The first-order valence-corrected chi connectivity index (χ1v) is 17.0. The second kappa shape index (κ2) is 13.4. The predicted molar refractivity (Wildman–Crippen MR) is 165 cm³/mol. The van der Waals surface area contributed by atoms with Crippen molar-refractivity contribution in [1.82, 2.24) is 0 Å². The number of hydrogen-bond acceptors (Lipinski definition) is 6. The van der Waals surface area contributed by atoms with Crippen LogP contribution in [-0.2, 0) is 23.1 Å². The third kappa shape index (κ3) is 7.30. The molecule has 5 rings (SSSR count). The molecule has 0 amide bonds. The third-order valence-electron chi connectivity index (χ3n) is 9.38. The van der Waals surface area contributed by atoms with Gasteiger partial charge in [-0.3, -0.25) is 0 Å². The van der Waals surface area contributed by atoms with Crippen molar-refractivity contribution < 1.29 is 28.2 Å². The van der Waals surface area contributed by atoms with Crippen molar-refractivity contribution in [2.45, 2.75) is 75.7 Å². The van der Waals surface area contributed by atoms with E-state index in [4.69, 9.17) is 21.5 Å². The van der Waals surface area contributed by atoms with Gasteiger partial charge in [0.05, 0.1) is 22.6 Å². The molecule has 2 aromatic carbocycles. The number of nitrogens with zero attached hydrogens (tertiary/aromatic N) is 1. The molecular weight excluding hydrogens is 576 g/mol. The van der Waals surface area contributed by atoms with Gasteiger partial charge in [-0.15, -0.1) is 0 Å². The topological polar surface area (TPSA) is 130 Å². The lowest BCUT2D eigenvalue weighted by Gasteiger charge is -2.42. The van der Waals surface area contributed by atoms with Crippen LogP contribution in [0.1, 0.15) is 72.9 Å². The molecule has 0 aromatic heterocycles. The third-order valence-corrected chi connectivity index (χ3v) is 11.1. The first kappa shape index (κ1) is 30.9. The normalized spacial score (nSPS) is 25.5. The molecule has 0 bridgehead atoms. The van der Waals surface area contributed by atoms with Crippen molar-refractivity contribution >= 4 is 33.3 Å². The summed E-state index contributed by atoms with van der Waals surface area (Å²) in [5.74, 6) is -0.0340. The fourth-order valence-electron chi connectivity index (χ4n) is 6.87. The highest BCUT2D eigenvalue weighted by atomic mass is 35.5. The van der Waals surface area contributed by atoms with Crippen LogP contribution in [0, 0.1) is 17.8 Å². The fraction of sp³-hybridized carbons (Fsp3) is 0.531. The van der Waals surface area contributed by atoms with Crippen LogP contribution in [0.5, 0.6) is 5.75 Å². The number of aromatic carboxylic acids is 1. The van der Waals surface area contributed by atoms with E-state index in [1.54, 1.807) is 18.2 Å². The lowest BCUT2D eigenvalue weighted by Crippen LogP contribution is -2.43. The Morgan fingerprint density at radius 3 is 2.64 bits per heavy atom. The number of nitrogens with two attached hydrogens (primary N) is 1. The average Bonchev–Trinajstić information content (AvgIpc) is 3.40. The smallest absolute Gasteiger partial charge is 0.335 e. The molecule has 228 valence electrons. The Bertz CT molecular complexity index is 1410. The number of primary sulfonamides is 1. The summed E-state index contributed by atoms with van der Waals surface area (Å²) >= 11 is 6.28. The maximum absolute atomic E-state index is 11.9. The molecule has 5 atom stereocenters. The number of carboxylic acid groups (broad SMARTS) is 1. The van der Waals surface area contributed by atoms with Gasteiger partial charge in [0, 0.05) is 18.1 Å². The van der Waals surface area contributed by atoms with Crippen LogP contribution >= 0.6 is 11.6 Å². The lowest BCUT2D eigenvalue weighted by molar-refractivity contribution is 0.0461. The molecule has 10 heteroatoms. The minimum atomic E-state index is -3.56. The minimum Gasteiger partial charge on any atom is -0.487 e. The van der Waals surface area contributed by atoms with Crippen molar-refractivity contribution in [3.63, 3.8) is 0 Å². The van der Waals surface area contributed by atoms with Gasteiger partial charge >= 0.3 is 5.97 Å². The monoisotopic (exact) mass is 616 g/mol. The summed E-state index contributed by atoms with van der Waals surface area (Å²) in [5.41, 5.74) is 3.21. The van der Waals surface area contributed by atoms with E-state index in [0.29, 0.717) is 36.8 Å². The molecule has 0 saturated heterocycles. The highest BCUT2D eigenvalue weighted by Gasteiger charge is 2.37. The number of aryl methyl sites for hydroxylation is 1. The molecular formula is C32H41ClN2O6S. The van der Waals surface area contributed by atoms with E-state index in [2.05, 4.69) is 4.90 Å². The summed E-state index contributed by atoms with van der Waals surface area (Å²) in [5, 5.41) is 26.4. The number of aliphatic hydroxyl groups excluding tert-OH is 1. The fourth-order valence-corrected chi connectivity index (χ4v) is 8.34. The number of anilines is 1. The molecule has 1 aliphatic heterocycles. The molecule has 4 N–H and O–H groups in total. The quantitative estimate of drug-likeness (QED) is 0.332. The van der Waals surface area contributed by atoms with E-state index in [1.165, 1.54) is 5.56 Å². The summed E-state index contributed by atoms with van der Waals surface area (Å²) < 4.78 is 30.1. The van der Waals surface area contributed by atoms with E-state index < -0.39 is 27.3 Å². The number of aliphatic hydroxyl groups is 1. The summed E-state index contributed by atoms with van der Waals surface area (Å²) in [6.07, 6.45) is 10.6. The van der Waals surface area contributed by atoms with Crippen molar-refractivity contribution in [3.05, 3.63) is 70.3 Å². The molecule has 1 heterocycles. The standard InChI is InChI=1S/C32H41ClN2O6S/c33-26-13-10-25-20-41-30-15-12-23(32(37)38)18-28(30)35(16-2-1-5-22(25)17-26)19-24-11-14-27(24)29(36)8-3-6-21-7-4-9-31(21)42(34,39)40/h3,8,10,12-13,15,17-18,21,24,27,29,31,36H,1-2,4-7,9,11,14,16,19-20H2,(H,37,38)(H2,34,39,40)/b8-3+/t21-,24-,27+,29-,31-/m0/s1. The summed E-state index contributed by atoms with van der Waals surface area (Å²) in [6.45, 7) is 1.79. The van der Waals surface area contributed by atoms with Crippen molar-refractivity contribution in [2.24, 2.45) is 22.9 Å². The van der Waals surface area contributed by atoms with Gasteiger partial charge in [0.2, 0.25) is 10.0 Å². The predicted octanol–water partition coefficient (Wildman–Crippen LogP) is 5.55. The van der Waals surface area contributed by atoms with Crippen LogP contribution in [0.4, 0.5) is 5.69 Å². The first-order valence-electron chi connectivity index (χ1n) is 15.0. The number of benzene rings is 2. The molecule has 2 saturated carbocycles. The van der Waals surface area contributed by atoms with Crippen LogP contribution in [0.2, 0.25) is 5.02 Å². The number of carboxylic acids is 1. The number of rotatable bonds is 8. The average molecular weight is 617 g/mol. The zero-order chi connectivity index (χ0) is 29.9. The van der Waals surface area contributed by atoms with E-state index in [0.717, 1.165) is 62.7 Å². The second-order valence-corrected chi connectivity index (χ2v) is 14.3. The van der Waals surface area contributed by atoms with Crippen LogP contribution in [0.3, 0.4) is 0 Å². The Balaban J connectivity index is 1.30. The van der Waals surface area contributed by atoms with Crippen molar-refractivity contribution in [2.75, 3.05) is 18.0 Å². The Hall–Kier alpha value is -2.59. The molecule has 8 nitrogen and oxygen atoms in total. The van der Waals surface area contributed by atoms with Gasteiger partial charge in [-0.2, -0.15) is 0 Å². The number of ether oxygens (including phenoxy) is 1. The number of sulfonamides is 1. The van der Waals surface area contributed by atoms with Crippen molar-refractivity contribution in [1.29, 1.82) is 0 Å². The number of allylic oxidation sites excluding steroid dienone is 1. The lowest BCUT2D eigenvalue weighted by atomic mass is 9.70. The number of hydrogen-bond donors (Lipinski definition) is 3. The Morgan fingerprint density at radius 1 is 1.07 bits per heavy atom. The minimum absolute atomic E-state index is 0.000803. The van der Waals surface area contributed by atoms with Crippen LogP contribution < -0.4 is 14.8 Å². The molecule has 0 spiro atoms. The molecule has 0 radical (unpaired) electrons. The van der Waals surface area contributed by atoms with Gasteiger partial charge in [-0.25, -0.2) is 18.4 Å². The number of carbonyl (C=O) groups is 1. The number of halogens is 1. The van der Waals surface area contributed by atoms with E-state index >= 15 is 0 Å². The van der Waals surface area contributed by atoms with Crippen LogP contribution in [0.15, 0.2) is 48.6 Å². The number of fused-ring (bicyclic) bond motifs is 2. The Kier molecular flexibility index (Phi) is 9.82. The van der Waals surface area contributed by atoms with E-state index in [1.807, 2.05) is 30.4 Å². The van der Waals surface area contributed by atoms with Gasteiger partial charge in [0.15, 0.2) is 0 Å². The second-order valence-electron chi connectivity index (χ2n) is 12.1. The SMILES string of the molecule is NS(=O)(=O)[C@H]1CCC[C@@H]1C/C=C/[C@H](O)[C@@H]1CC[C@H]1CN1CCCCc2cc(Cl)ccc2COc2ccc(C(=O)O)cc21. The van der Waals surface area contributed by atoms with Crippen molar-refractivity contribution in [3.8, 4) is 5.75 Å². The Morgan fingerprint density at radius 2 is 1.90 bits per heavy atom. The van der Waals surface area contributed by atoms with Gasteiger partial charge in [0.25, 0.3) is 0 Å². The molecule has 0 unspecified atom stereocenters. The van der Waals surface area contributed by atoms with Gasteiger partial charge in [-0.05, 0) is 111 Å². The molecule has 3 aliphatic rings. The van der Waals surface area contributed by atoms with Gasteiger partial charge in [-0.1, -0.05) is 36.2 Å². The highest BCUT2D eigenvalue weighted by Crippen LogP contribution is 2.41. The van der Waals surface area contributed by atoms with Gasteiger partial charge < -0.3 is 19.8 Å². The molecule has 2 fully saturated rings. The van der Waals surface area contributed by atoms with E-state index in [9.17, 15) is 23.4 Å². The first-order chi connectivity index (χ1) is 20.1. The van der Waals surface area contributed by atoms with Crippen LogP contribution in [-0.4, -0.2) is 49.0 Å². The zero-order valence-corrected chi connectivity index (χ0v) is 25.4. The maximum atomic E-state index is 11.9. The van der Waals surface area contributed by atoms with E-state index in [-0.39, 0.29) is 23.3 Å². The molecule has 42 heavy (non-hydrogen) atoms. The zero-order valence-electron chi connectivity index (χ0n) is 23.8. The Labute approximate surface area is 253 Å². The maximum Gasteiger partial charge on any atom is 0.335 e. The summed E-state index contributed by atoms with van der Waals surface area (Å²) in [7, 11) is -3.56. The highest BCUT2D eigenvalue weighted by molar-refractivity contribution is 7.89.